The third-order valence-electron chi connectivity index (χ3n) is 3.03. The highest BCUT2D eigenvalue weighted by Crippen LogP contribution is 2.28. The molecule has 6 heteroatoms. The van der Waals surface area contributed by atoms with Crippen molar-refractivity contribution < 1.29 is 13.7 Å². The SMILES string of the molecule is CCOC(CNS(=O)C(C)(C)C)(OCC)c1ccc(Cl)cc1. The van der Waals surface area contributed by atoms with Gasteiger partial charge in [0.1, 0.15) is 0 Å². The summed E-state index contributed by atoms with van der Waals surface area (Å²) in [6.07, 6.45) is 0. The molecule has 22 heavy (non-hydrogen) atoms. The maximum atomic E-state index is 12.3. The van der Waals surface area contributed by atoms with Crippen LogP contribution in [0.3, 0.4) is 0 Å². The van der Waals surface area contributed by atoms with Crippen LogP contribution in [-0.4, -0.2) is 28.7 Å². The van der Waals surface area contributed by atoms with Crippen LogP contribution in [0, 0.1) is 0 Å². The van der Waals surface area contributed by atoms with Crippen molar-refractivity contribution >= 4 is 22.6 Å². The van der Waals surface area contributed by atoms with Gasteiger partial charge in [-0.25, -0.2) is 8.93 Å². The zero-order valence-electron chi connectivity index (χ0n) is 13.9. The number of nitrogens with one attached hydrogen (secondary N) is 1. The second-order valence-electron chi connectivity index (χ2n) is 5.83. The van der Waals surface area contributed by atoms with E-state index in [9.17, 15) is 4.21 Å². The van der Waals surface area contributed by atoms with Crippen molar-refractivity contribution in [1.29, 1.82) is 0 Å². The molecule has 0 saturated carbocycles. The van der Waals surface area contributed by atoms with Gasteiger partial charge in [0.05, 0.1) is 22.3 Å². The lowest BCUT2D eigenvalue weighted by molar-refractivity contribution is -0.237. The zero-order chi connectivity index (χ0) is 16.8. The summed E-state index contributed by atoms with van der Waals surface area (Å²) in [5.74, 6) is -0.977. The molecule has 0 aliphatic rings. The average Bonchev–Trinajstić information content (AvgIpc) is 2.44. The Morgan fingerprint density at radius 1 is 1.09 bits per heavy atom. The van der Waals surface area contributed by atoms with E-state index in [-0.39, 0.29) is 4.75 Å². The predicted molar refractivity (Wildman–Crippen MR) is 92.3 cm³/mol. The molecule has 0 heterocycles. The summed E-state index contributed by atoms with van der Waals surface area (Å²) < 4.78 is 26.7. The van der Waals surface area contributed by atoms with Gasteiger partial charge in [0.15, 0.2) is 0 Å². The van der Waals surface area contributed by atoms with Gasteiger partial charge in [0.25, 0.3) is 0 Å². The largest absolute Gasteiger partial charge is 0.345 e. The molecule has 1 aromatic carbocycles. The van der Waals surface area contributed by atoms with Crippen LogP contribution < -0.4 is 4.72 Å². The normalized spacial score (nSPS) is 14.1. The van der Waals surface area contributed by atoms with Crippen molar-refractivity contribution in [1.82, 2.24) is 4.72 Å². The lowest BCUT2D eigenvalue weighted by Crippen LogP contribution is -2.46. The highest BCUT2D eigenvalue weighted by molar-refractivity contribution is 7.84. The fourth-order valence-corrected chi connectivity index (χ4v) is 2.84. The minimum atomic E-state index is -1.21. The van der Waals surface area contributed by atoms with Crippen LogP contribution in [0.15, 0.2) is 24.3 Å². The molecular weight excluding hydrogens is 322 g/mol. The minimum absolute atomic E-state index is 0.292. The molecule has 1 atom stereocenters. The highest BCUT2D eigenvalue weighted by atomic mass is 35.5. The van der Waals surface area contributed by atoms with Crippen molar-refractivity contribution in [3.05, 3.63) is 34.9 Å². The average molecular weight is 348 g/mol. The van der Waals surface area contributed by atoms with E-state index in [4.69, 9.17) is 21.1 Å². The Kier molecular flexibility index (Phi) is 7.49. The fourth-order valence-electron chi connectivity index (χ4n) is 1.96. The van der Waals surface area contributed by atoms with Gasteiger partial charge < -0.3 is 9.47 Å². The Labute approximate surface area is 141 Å². The van der Waals surface area contributed by atoms with Crippen LogP contribution in [0.4, 0.5) is 0 Å². The van der Waals surface area contributed by atoms with Crippen molar-refractivity contribution in [2.75, 3.05) is 19.8 Å². The second-order valence-corrected chi connectivity index (χ2v) is 8.32. The second kappa shape index (κ2) is 8.41. The topological polar surface area (TPSA) is 47.6 Å². The number of hydrogen-bond donors (Lipinski definition) is 1. The Balaban J connectivity index is 3.04. The molecule has 0 bridgehead atoms. The number of hydrogen-bond acceptors (Lipinski definition) is 3. The molecule has 0 amide bonds. The van der Waals surface area contributed by atoms with E-state index >= 15 is 0 Å². The Bertz CT molecular complexity index is 479. The molecule has 126 valence electrons. The van der Waals surface area contributed by atoms with Crippen molar-refractivity contribution in [2.24, 2.45) is 0 Å². The first-order valence-electron chi connectivity index (χ1n) is 7.44. The van der Waals surface area contributed by atoms with Gasteiger partial charge in [-0.2, -0.15) is 0 Å². The summed E-state index contributed by atoms with van der Waals surface area (Å²) >= 11 is 5.96. The molecule has 1 unspecified atom stereocenters. The van der Waals surface area contributed by atoms with Gasteiger partial charge in [0, 0.05) is 23.8 Å². The van der Waals surface area contributed by atoms with Crippen molar-refractivity contribution in [3.8, 4) is 0 Å². The van der Waals surface area contributed by atoms with E-state index in [1.165, 1.54) is 0 Å². The smallest absolute Gasteiger partial charge is 0.208 e. The van der Waals surface area contributed by atoms with E-state index in [1.54, 1.807) is 12.1 Å². The molecular formula is C16H26ClNO3S. The maximum absolute atomic E-state index is 12.3. The van der Waals surface area contributed by atoms with Crippen LogP contribution in [0.5, 0.6) is 0 Å². The van der Waals surface area contributed by atoms with E-state index in [0.29, 0.717) is 24.8 Å². The lowest BCUT2D eigenvalue weighted by Gasteiger charge is -2.34. The summed E-state index contributed by atoms with van der Waals surface area (Å²) in [4.78, 5) is 0. The van der Waals surface area contributed by atoms with Crippen LogP contribution in [0.2, 0.25) is 5.02 Å². The molecule has 1 N–H and O–H groups in total. The first-order chi connectivity index (χ1) is 10.2. The molecule has 0 aliphatic heterocycles. The van der Waals surface area contributed by atoms with Gasteiger partial charge in [0.2, 0.25) is 5.79 Å². The summed E-state index contributed by atoms with van der Waals surface area (Å²) in [7, 11) is -1.21. The minimum Gasteiger partial charge on any atom is -0.345 e. The zero-order valence-corrected chi connectivity index (χ0v) is 15.5. The van der Waals surface area contributed by atoms with Gasteiger partial charge in [-0.3, -0.25) is 0 Å². The summed E-state index contributed by atoms with van der Waals surface area (Å²) in [5, 5.41) is 0.650. The third kappa shape index (κ3) is 5.32. The van der Waals surface area contributed by atoms with Crippen molar-refractivity contribution in [3.63, 3.8) is 0 Å². The van der Waals surface area contributed by atoms with Gasteiger partial charge >= 0.3 is 0 Å². The van der Waals surface area contributed by atoms with Crippen LogP contribution >= 0.6 is 11.6 Å². The van der Waals surface area contributed by atoms with Crippen LogP contribution in [0.25, 0.3) is 0 Å². The van der Waals surface area contributed by atoms with Crippen LogP contribution in [0.1, 0.15) is 40.2 Å². The van der Waals surface area contributed by atoms with Gasteiger partial charge in [-0.15, -0.1) is 0 Å². The molecule has 1 rings (SSSR count). The summed E-state index contributed by atoms with van der Waals surface area (Å²) in [6.45, 7) is 10.8. The first kappa shape index (κ1) is 19.6. The quantitative estimate of drug-likeness (QED) is 0.731. The number of halogens is 1. The number of rotatable bonds is 8. The molecule has 4 nitrogen and oxygen atoms in total. The Hall–Kier alpha value is -0.460. The predicted octanol–water partition coefficient (Wildman–Crippen LogP) is 3.62. The fraction of sp³-hybridized carbons (Fsp3) is 0.625. The highest BCUT2D eigenvalue weighted by Gasteiger charge is 2.35. The van der Waals surface area contributed by atoms with E-state index in [0.717, 1.165) is 5.56 Å². The van der Waals surface area contributed by atoms with Crippen molar-refractivity contribution in [2.45, 2.75) is 45.2 Å². The molecule has 0 saturated heterocycles. The Morgan fingerprint density at radius 3 is 2.00 bits per heavy atom. The lowest BCUT2D eigenvalue weighted by atomic mass is 10.1. The Morgan fingerprint density at radius 2 is 1.59 bits per heavy atom. The van der Waals surface area contributed by atoms with E-state index < -0.39 is 16.8 Å². The molecule has 0 spiro atoms. The number of benzene rings is 1. The maximum Gasteiger partial charge on any atom is 0.208 e. The van der Waals surface area contributed by atoms with Gasteiger partial charge in [-0.05, 0) is 46.8 Å². The standard InChI is InChI=1S/C16H26ClNO3S/c1-6-20-16(21-7-2,12-18-22(19)15(3,4)5)13-8-10-14(17)11-9-13/h8-11,18H,6-7,12H2,1-5H3. The molecule has 1 aromatic rings. The molecule has 0 fully saturated rings. The molecule has 0 aliphatic carbocycles. The van der Waals surface area contributed by atoms with Gasteiger partial charge in [-0.1, -0.05) is 23.7 Å². The first-order valence-corrected chi connectivity index (χ1v) is 8.97. The summed E-state index contributed by atoms with van der Waals surface area (Å²) in [6, 6.07) is 7.33. The monoisotopic (exact) mass is 347 g/mol. The van der Waals surface area contributed by atoms with Crippen LogP contribution in [-0.2, 0) is 26.2 Å². The molecule has 0 radical (unpaired) electrons. The third-order valence-corrected chi connectivity index (χ3v) is 4.80. The number of ether oxygens (including phenoxy) is 2. The molecule has 0 aromatic heterocycles. The van der Waals surface area contributed by atoms with E-state index in [1.807, 2.05) is 46.8 Å². The van der Waals surface area contributed by atoms with E-state index in [2.05, 4.69) is 4.72 Å². The summed E-state index contributed by atoms with van der Waals surface area (Å²) in [5.41, 5.74) is 0.846.